The average Bonchev–Trinajstić information content (AvgIpc) is 2.72. The van der Waals surface area contributed by atoms with Crippen LogP contribution in [0.4, 0.5) is 5.69 Å². The van der Waals surface area contributed by atoms with E-state index in [0.29, 0.717) is 32.5 Å². The zero-order chi connectivity index (χ0) is 22.6. The van der Waals surface area contributed by atoms with E-state index < -0.39 is 5.25 Å². The number of nitrogens with zero attached hydrogens (tertiary/aromatic N) is 2. The lowest BCUT2D eigenvalue weighted by molar-refractivity contribution is -0.136. The molecular formula is C23H34N4O3S. The molecule has 1 aromatic rings. The molecule has 31 heavy (non-hydrogen) atoms. The van der Waals surface area contributed by atoms with Crippen LogP contribution >= 0.6 is 11.8 Å². The minimum absolute atomic E-state index is 0.00663. The molecule has 0 spiro atoms. The van der Waals surface area contributed by atoms with Crippen LogP contribution in [-0.4, -0.2) is 73.0 Å². The third-order valence-electron chi connectivity index (χ3n) is 5.77. The van der Waals surface area contributed by atoms with E-state index in [-0.39, 0.29) is 35.5 Å². The maximum Gasteiger partial charge on any atom is 0.238 e. The molecule has 2 N–H and O–H groups in total. The predicted octanol–water partition coefficient (Wildman–Crippen LogP) is 2.43. The molecule has 170 valence electrons. The number of hydrogen-bond acceptors (Lipinski definition) is 5. The van der Waals surface area contributed by atoms with Crippen LogP contribution in [0.5, 0.6) is 0 Å². The summed E-state index contributed by atoms with van der Waals surface area (Å²) in [5.74, 6) is -0.110. The van der Waals surface area contributed by atoms with E-state index in [1.807, 2.05) is 38.4 Å². The molecule has 1 atom stereocenters. The van der Waals surface area contributed by atoms with E-state index in [2.05, 4.69) is 29.4 Å². The normalized spacial score (nSPS) is 19.7. The fourth-order valence-electron chi connectivity index (χ4n) is 4.29. The number of carbonyl (C=O) groups is 3. The molecule has 1 aromatic carbocycles. The third kappa shape index (κ3) is 6.46. The van der Waals surface area contributed by atoms with Crippen molar-refractivity contribution in [2.45, 2.75) is 43.3 Å². The second-order valence-electron chi connectivity index (χ2n) is 9.57. The highest BCUT2D eigenvalue weighted by Crippen LogP contribution is 2.37. The van der Waals surface area contributed by atoms with E-state index >= 15 is 0 Å². The zero-order valence-corrected chi connectivity index (χ0v) is 19.8. The van der Waals surface area contributed by atoms with E-state index in [1.165, 1.54) is 11.8 Å². The first-order valence-corrected chi connectivity index (χ1v) is 11.8. The van der Waals surface area contributed by atoms with Crippen LogP contribution in [0.2, 0.25) is 0 Å². The van der Waals surface area contributed by atoms with Gasteiger partial charge in [-0.2, -0.15) is 0 Å². The molecule has 0 saturated carbocycles. The number of thioether (sulfide) groups is 1. The lowest BCUT2D eigenvalue weighted by atomic mass is 9.91. The first-order valence-electron chi connectivity index (χ1n) is 10.9. The van der Waals surface area contributed by atoms with Gasteiger partial charge in [-0.15, -0.1) is 11.8 Å². The molecule has 0 aromatic heterocycles. The highest BCUT2D eigenvalue weighted by atomic mass is 32.2. The Morgan fingerprint density at radius 1 is 1.23 bits per heavy atom. The lowest BCUT2D eigenvalue weighted by Crippen LogP contribution is -2.46. The number of piperidine rings is 1. The van der Waals surface area contributed by atoms with Gasteiger partial charge in [0.15, 0.2) is 0 Å². The minimum atomic E-state index is -0.414. The Morgan fingerprint density at radius 3 is 2.58 bits per heavy atom. The number of rotatable bonds is 7. The number of likely N-dealkylation sites (tertiary alicyclic amines) is 1. The van der Waals surface area contributed by atoms with Gasteiger partial charge in [-0.3, -0.25) is 14.4 Å². The standard InChI is InChI=1S/C23H34N4O3S/c1-23(2,15-26(3)4)14-24-21(29)16-9-11-27(12-10-16)20(28)13-19-22(30)25-17-7-5-6-8-18(17)31-19/h5-8,16,19H,9-15H2,1-4H3,(H,24,29)(H,25,30). The third-order valence-corrected chi connectivity index (χ3v) is 7.05. The Hall–Kier alpha value is -2.06. The van der Waals surface area contributed by atoms with E-state index in [0.717, 1.165) is 17.1 Å². The number of hydrogen-bond donors (Lipinski definition) is 2. The molecule has 2 aliphatic rings. The summed E-state index contributed by atoms with van der Waals surface area (Å²) in [6, 6.07) is 7.64. The summed E-state index contributed by atoms with van der Waals surface area (Å²) in [5.41, 5.74) is 0.814. The van der Waals surface area contributed by atoms with Gasteiger partial charge in [0.1, 0.15) is 0 Å². The summed E-state index contributed by atoms with van der Waals surface area (Å²) in [6.45, 7) is 6.95. The van der Waals surface area contributed by atoms with Gasteiger partial charge in [0.05, 0.1) is 10.9 Å². The first-order chi connectivity index (χ1) is 14.6. The van der Waals surface area contributed by atoms with Gasteiger partial charge in [0.2, 0.25) is 17.7 Å². The molecule has 0 aliphatic carbocycles. The number of carbonyl (C=O) groups excluding carboxylic acids is 3. The predicted molar refractivity (Wildman–Crippen MR) is 124 cm³/mol. The van der Waals surface area contributed by atoms with Crippen LogP contribution < -0.4 is 10.6 Å². The number of nitrogens with one attached hydrogen (secondary N) is 2. The maximum absolute atomic E-state index is 12.8. The minimum Gasteiger partial charge on any atom is -0.355 e. The molecule has 8 heteroatoms. The summed E-state index contributed by atoms with van der Waals surface area (Å²) < 4.78 is 0. The van der Waals surface area contributed by atoms with Crippen molar-refractivity contribution in [3.05, 3.63) is 24.3 Å². The molecular weight excluding hydrogens is 412 g/mol. The summed E-state index contributed by atoms with van der Waals surface area (Å²) in [6.07, 6.45) is 1.51. The van der Waals surface area contributed by atoms with E-state index in [4.69, 9.17) is 0 Å². The van der Waals surface area contributed by atoms with Gasteiger partial charge in [-0.1, -0.05) is 26.0 Å². The molecule has 7 nitrogen and oxygen atoms in total. The van der Waals surface area contributed by atoms with Gasteiger partial charge in [-0.25, -0.2) is 0 Å². The highest BCUT2D eigenvalue weighted by Gasteiger charge is 2.33. The van der Waals surface area contributed by atoms with Crippen molar-refractivity contribution in [2.24, 2.45) is 11.3 Å². The molecule has 1 fully saturated rings. The van der Waals surface area contributed by atoms with Gasteiger partial charge in [-0.05, 0) is 44.5 Å². The number of fused-ring (bicyclic) bond motifs is 1. The fourth-order valence-corrected chi connectivity index (χ4v) is 5.39. The Labute approximate surface area is 189 Å². The van der Waals surface area contributed by atoms with Crippen LogP contribution in [0.25, 0.3) is 0 Å². The fraction of sp³-hybridized carbons (Fsp3) is 0.609. The van der Waals surface area contributed by atoms with Crippen molar-refractivity contribution < 1.29 is 14.4 Å². The Kier molecular flexibility index (Phi) is 7.64. The number of anilines is 1. The molecule has 3 amide bonds. The molecule has 1 unspecified atom stereocenters. The molecule has 2 aliphatic heterocycles. The van der Waals surface area contributed by atoms with Crippen molar-refractivity contribution in [3.63, 3.8) is 0 Å². The Balaban J connectivity index is 1.45. The zero-order valence-electron chi connectivity index (χ0n) is 18.9. The van der Waals surface area contributed by atoms with Gasteiger partial charge >= 0.3 is 0 Å². The second-order valence-corrected chi connectivity index (χ2v) is 10.8. The van der Waals surface area contributed by atoms with Crippen molar-refractivity contribution >= 4 is 35.2 Å². The Morgan fingerprint density at radius 2 is 1.90 bits per heavy atom. The van der Waals surface area contributed by atoms with Crippen LogP contribution in [0.15, 0.2) is 29.2 Å². The first kappa shape index (κ1) is 23.6. The quantitative estimate of drug-likeness (QED) is 0.672. The van der Waals surface area contributed by atoms with E-state index in [1.54, 1.807) is 4.90 Å². The van der Waals surface area contributed by atoms with Crippen molar-refractivity contribution in [2.75, 3.05) is 45.6 Å². The van der Waals surface area contributed by atoms with Crippen LogP contribution in [0.3, 0.4) is 0 Å². The second kappa shape index (κ2) is 10.0. The maximum atomic E-state index is 12.8. The number of benzene rings is 1. The number of para-hydroxylation sites is 1. The summed E-state index contributed by atoms with van der Waals surface area (Å²) in [7, 11) is 4.06. The largest absolute Gasteiger partial charge is 0.355 e. The van der Waals surface area contributed by atoms with Gasteiger partial charge < -0.3 is 20.4 Å². The van der Waals surface area contributed by atoms with Crippen molar-refractivity contribution in [1.29, 1.82) is 0 Å². The van der Waals surface area contributed by atoms with Crippen molar-refractivity contribution in [1.82, 2.24) is 15.1 Å². The molecule has 3 rings (SSSR count). The number of amides is 3. The highest BCUT2D eigenvalue weighted by molar-refractivity contribution is 8.01. The molecule has 2 heterocycles. The lowest BCUT2D eigenvalue weighted by Gasteiger charge is -2.34. The van der Waals surface area contributed by atoms with E-state index in [9.17, 15) is 14.4 Å². The summed E-state index contributed by atoms with van der Waals surface area (Å²) >= 11 is 1.45. The summed E-state index contributed by atoms with van der Waals surface area (Å²) in [5, 5.41) is 5.57. The monoisotopic (exact) mass is 446 g/mol. The molecule has 0 radical (unpaired) electrons. The SMILES string of the molecule is CN(C)CC(C)(C)CNC(=O)C1CCN(C(=O)CC2Sc3ccccc3NC2=O)CC1. The smallest absolute Gasteiger partial charge is 0.238 e. The average molecular weight is 447 g/mol. The molecule has 0 bridgehead atoms. The molecule has 1 saturated heterocycles. The van der Waals surface area contributed by atoms with Crippen molar-refractivity contribution in [3.8, 4) is 0 Å². The Bertz CT molecular complexity index is 819. The van der Waals surface area contributed by atoms with Crippen LogP contribution in [0.1, 0.15) is 33.1 Å². The van der Waals surface area contributed by atoms with Gasteiger partial charge in [0.25, 0.3) is 0 Å². The van der Waals surface area contributed by atoms with Crippen LogP contribution in [0, 0.1) is 11.3 Å². The summed E-state index contributed by atoms with van der Waals surface area (Å²) in [4.78, 5) is 42.7. The van der Waals surface area contributed by atoms with Gasteiger partial charge in [0, 0.05) is 43.4 Å². The van der Waals surface area contributed by atoms with Crippen LogP contribution in [-0.2, 0) is 14.4 Å². The topological polar surface area (TPSA) is 81.8 Å².